The molecule has 0 aliphatic carbocycles. The Morgan fingerprint density at radius 2 is 1.59 bits per heavy atom. The number of carbonyl (C=O) groups is 3. The molecular weight excluding hydrogens is 544 g/mol. The molecule has 2 N–H and O–H groups in total. The lowest BCUT2D eigenvalue weighted by Gasteiger charge is -2.18. The smallest absolute Gasteiger partial charge is 0.341 e. The van der Waals surface area contributed by atoms with E-state index in [4.69, 9.17) is 21.1 Å². The minimum Gasteiger partial charge on any atom is -0.487 e. The van der Waals surface area contributed by atoms with Crippen LogP contribution < -0.4 is 15.4 Å². The Labute approximate surface area is 230 Å². The van der Waals surface area contributed by atoms with Crippen molar-refractivity contribution in [2.45, 2.75) is 60.4 Å². The molecule has 0 saturated carbocycles. The summed E-state index contributed by atoms with van der Waals surface area (Å²) in [7, 11) is 0. The highest BCUT2D eigenvalue weighted by molar-refractivity contribution is 6.34. The van der Waals surface area contributed by atoms with Crippen molar-refractivity contribution in [3.05, 3.63) is 58.1 Å². The van der Waals surface area contributed by atoms with Crippen molar-refractivity contribution in [3.63, 3.8) is 0 Å². The molecule has 2 amide bonds. The zero-order chi connectivity index (χ0) is 29.8. The molecule has 0 saturated heterocycles. The second-order valence-electron chi connectivity index (χ2n) is 9.13. The first-order valence-corrected chi connectivity index (χ1v) is 12.5. The van der Waals surface area contributed by atoms with Crippen molar-refractivity contribution in [2.75, 3.05) is 18.5 Å². The van der Waals surface area contributed by atoms with E-state index in [9.17, 15) is 31.9 Å². The Morgan fingerprint density at radius 1 is 0.949 bits per heavy atom. The molecule has 39 heavy (non-hydrogen) atoms. The first-order valence-electron chi connectivity index (χ1n) is 12.1. The van der Waals surface area contributed by atoms with E-state index in [-0.39, 0.29) is 53.1 Å². The summed E-state index contributed by atoms with van der Waals surface area (Å²) in [5.41, 5.74) is 0.356. The molecule has 7 nitrogen and oxygen atoms in total. The number of carbonyl (C=O) groups excluding carboxylic acids is 3. The number of nitrogens with one attached hydrogen (secondary N) is 2. The molecule has 2 rings (SSSR count). The van der Waals surface area contributed by atoms with Gasteiger partial charge in [0.2, 0.25) is 12.3 Å². The zero-order valence-corrected chi connectivity index (χ0v) is 23.1. The number of benzene rings is 2. The van der Waals surface area contributed by atoms with Gasteiger partial charge in [0.1, 0.15) is 17.9 Å². The van der Waals surface area contributed by atoms with Gasteiger partial charge in [-0.25, -0.2) is 22.4 Å². The average Bonchev–Trinajstić information content (AvgIpc) is 2.86. The Balaban J connectivity index is 0.00000139. The lowest BCUT2D eigenvalue weighted by atomic mass is 9.95. The summed E-state index contributed by atoms with van der Waals surface area (Å²) in [6, 6.07) is 8.76. The second-order valence-corrected chi connectivity index (χ2v) is 9.54. The monoisotopic (exact) mass is 576 g/mol. The van der Waals surface area contributed by atoms with Gasteiger partial charge in [0.25, 0.3) is 12.3 Å². The van der Waals surface area contributed by atoms with Crippen LogP contribution in [-0.2, 0) is 16.1 Å². The molecule has 0 aliphatic heterocycles. The molecule has 0 fully saturated rings. The first kappa shape index (κ1) is 33.7. The SMILES string of the molecule is CCC(F)F.CCOC(=O)c1cc(NC(=O)c2cc(CNC(=O)C(C)(C)C)ccc2Cl)ccc1OCC(F)F. The summed E-state index contributed by atoms with van der Waals surface area (Å²) >= 11 is 6.20. The first-order chi connectivity index (χ1) is 18.2. The molecule has 0 bridgehead atoms. The van der Waals surface area contributed by atoms with Crippen LogP contribution in [0, 0.1) is 5.41 Å². The predicted molar refractivity (Wildman–Crippen MR) is 141 cm³/mol. The van der Waals surface area contributed by atoms with E-state index in [1.54, 1.807) is 45.9 Å². The van der Waals surface area contributed by atoms with Gasteiger partial charge in [-0.15, -0.1) is 0 Å². The summed E-state index contributed by atoms with van der Waals surface area (Å²) in [6.07, 6.45) is -4.87. The van der Waals surface area contributed by atoms with E-state index in [0.717, 1.165) is 0 Å². The number of rotatable bonds is 10. The third-order valence-corrected chi connectivity index (χ3v) is 5.15. The van der Waals surface area contributed by atoms with Crippen LogP contribution in [0.1, 0.15) is 67.3 Å². The second kappa shape index (κ2) is 15.9. The van der Waals surface area contributed by atoms with Crippen LogP contribution in [0.15, 0.2) is 36.4 Å². The molecule has 2 aromatic carbocycles. The van der Waals surface area contributed by atoms with Crippen molar-refractivity contribution in [1.82, 2.24) is 5.32 Å². The van der Waals surface area contributed by atoms with Gasteiger partial charge in [-0.3, -0.25) is 9.59 Å². The average molecular weight is 577 g/mol. The molecule has 0 spiro atoms. The van der Waals surface area contributed by atoms with Gasteiger partial charge < -0.3 is 20.1 Å². The predicted octanol–water partition coefficient (Wildman–Crippen LogP) is 6.74. The van der Waals surface area contributed by atoms with E-state index in [1.165, 1.54) is 25.1 Å². The molecule has 0 atom stereocenters. The maximum absolute atomic E-state index is 12.9. The van der Waals surface area contributed by atoms with Crippen molar-refractivity contribution in [3.8, 4) is 5.75 Å². The topological polar surface area (TPSA) is 93.7 Å². The third-order valence-electron chi connectivity index (χ3n) is 4.82. The van der Waals surface area contributed by atoms with Gasteiger partial charge in [0, 0.05) is 24.1 Å². The minimum atomic E-state index is -2.72. The maximum Gasteiger partial charge on any atom is 0.341 e. The summed E-state index contributed by atoms with van der Waals surface area (Å²) in [6.45, 7) is 7.79. The standard InChI is InChI=1S/C24H27ClF2N2O5.C3H6F2/c1-5-33-22(31)17-11-15(7-9-19(17)34-13-20(26)27)29-21(30)16-10-14(6-8-18(16)25)12-28-23(32)24(2,3)4;1-2-3(4)5/h6-11,20H,5,12-13H2,1-4H3,(H,28,32)(H,29,30);3H,2H2,1H3. The molecular formula is C27H33ClF4N2O5. The van der Waals surface area contributed by atoms with Gasteiger partial charge >= 0.3 is 5.97 Å². The maximum atomic E-state index is 12.9. The highest BCUT2D eigenvalue weighted by Gasteiger charge is 2.21. The Hall–Kier alpha value is -3.34. The molecule has 216 valence electrons. The highest BCUT2D eigenvalue weighted by Crippen LogP contribution is 2.26. The van der Waals surface area contributed by atoms with Crippen LogP contribution in [-0.4, -0.2) is 43.8 Å². The van der Waals surface area contributed by atoms with E-state index in [2.05, 4.69) is 10.6 Å². The lowest BCUT2D eigenvalue weighted by Crippen LogP contribution is -2.34. The molecule has 2 aromatic rings. The van der Waals surface area contributed by atoms with E-state index < -0.39 is 36.7 Å². The Bertz CT molecular complexity index is 1120. The summed E-state index contributed by atoms with van der Waals surface area (Å²) in [5, 5.41) is 5.61. The quantitative estimate of drug-likeness (QED) is 0.241. The third kappa shape index (κ3) is 11.9. The molecule has 0 radical (unpaired) electrons. The summed E-state index contributed by atoms with van der Waals surface area (Å²) in [5.74, 6) is -1.58. The number of amides is 2. The fourth-order valence-corrected chi connectivity index (χ4v) is 2.96. The number of alkyl halides is 4. The molecule has 0 unspecified atom stereocenters. The van der Waals surface area contributed by atoms with Crippen LogP contribution >= 0.6 is 11.6 Å². The Kier molecular flexibility index (Phi) is 13.8. The van der Waals surface area contributed by atoms with Crippen molar-refractivity contribution in [2.24, 2.45) is 5.41 Å². The number of ether oxygens (including phenoxy) is 2. The zero-order valence-electron chi connectivity index (χ0n) is 22.4. The number of anilines is 1. The van der Waals surface area contributed by atoms with Crippen molar-refractivity contribution >= 4 is 35.1 Å². The van der Waals surface area contributed by atoms with Crippen LogP contribution in [0.3, 0.4) is 0 Å². The number of hydrogen-bond donors (Lipinski definition) is 2. The fraction of sp³-hybridized carbons (Fsp3) is 0.444. The summed E-state index contributed by atoms with van der Waals surface area (Å²) < 4.78 is 56.5. The van der Waals surface area contributed by atoms with Gasteiger partial charge in [-0.2, -0.15) is 0 Å². The van der Waals surface area contributed by atoms with E-state index in [1.807, 2.05) is 0 Å². The van der Waals surface area contributed by atoms with Gasteiger partial charge in [0.05, 0.1) is 17.2 Å². The summed E-state index contributed by atoms with van der Waals surface area (Å²) in [4.78, 5) is 37.2. The van der Waals surface area contributed by atoms with E-state index in [0.29, 0.717) is 5.56 Å². The number of esters is 1. The van der Waals surface area contributed by atoms with Crippen molar-refractivity contribution < 1.29 is 41.4 Å². The normalized spacial score (nSPS) is 11.0. The van der Waals surface area contributed by atoms with E-state index >= 15 is 0 Å². The van der Waals surface area contributed by atoms with Crippen LogP contribution in [0.4, 0.5) is 23.2 Å². The highest BCUT2D eigenvalue weighted by atomic mass is 35.5. The van der Waals surface area contributed by atoms with Gasteiger partial charge in [0.15, 0.2) is 0 Å². The van der Waals surface area contributed by atoms with Crippen LogP contribution in [0.25, 0.3) is 0 Å². The molecule has 0 aliphatic rings. The minimum absolute atomic E-state index is 0.0278. The van der Waals surface area contributed by atoms with Gasteiger partial charge in [-0.05, 0) is 42.8 Å². The van der Waals surface area contributed by atoms with Gasteiger partial charge in [-0.1, -0.05) is 45.4 Å². The largest absolute Gasteiger partial charge is 0.487 e. The molecule has 0 aromatic heterocycles. The van der Waals surface area contributed by atoms with Crippen molar-refractivity contribution in [1.29, 1.82) is 0 Å². The number of hydrogen-bond acceptors (Lipinski definition) is 5. The molecule has 0 heterocycles. The number of halogens is 5. The molecule has 12 heteroatoms. The fourth-order valence-electron chi connectivity index (χ4n) is 2.76. The lowest BCUT2D eigenvalue weighted by molar-refractivity contribution is -0.128. The Morgan fingerprint density at radius 3 is 2.13 bits per heavy atom. The van der Waals surface area contributed by atoms with Crippen LogP contribution in [0.2, 0.25) is 5.02 Å². The van der Waals surface area contributed by atoms with Crippen LogP contribution in [0.5, 0.6) is 5.75 Å².